The number of ether oxygens (including phenoxy) is 2. The van der Waals surface area contributed by atoms with Crippen LogP contribution in [0.3, 0.4) is 0 Å². The highest BCUT2D eigenvalue weighted by Gasteiger charge is 2.89. The molecule has 2 fully saturated rings. The molecule has 0 aromatic carbocycles. The summed E-state index contributed by atoms with van der Waals surface area (Å²) in [6.07, 6.45) is 1.47. The Morgan fingerprint density at radius 1 is 1.00 bits per heavy atom. The minimum atomic E-state index is -1.78. The summed E-state index contributed by atoms with van der Waals surface area (Å²) in [6, 6.07) is 4.86. The SMILES string of the molecule is COC1(OC)[C@@]2(Cl)C(Cl)=C(Cl)[C@@]1(Cl)[C@H]1C(=O)N(c3ccccn3)C(=O)[C@H]12. The van der Waals surface area contributed by atoms with E-state index in [0.717, 1.165) is 4.90 Å². The molecule has 10 heteroatoms. The monoisotopic (exact) mass is 436 g/mol. The van der Waals surface area contributed by atoms with E-state index in [1.807, 2.05) is 0 Å². The van der Waals surface area contributed by atoms with Gasteiger partial charge < -0.3 is 9.47 Å². The summed E-state index contributed by atoms with van der Waals surface area (Å²) in [5.41, 5.74) is 0. The van der Waals surface area contributed by atoms with Gasteiger partial charge in [-0.2, -0.15) is 0 Å². The fraction of sp³-hybridized carbons (Fsp3) is 0.438. The van der Waals surface area contributed by atoms with Crippen molar-refractivity contribution >= 4 is 64.0 Å². The number of halogens is 4. The molecule has 6 nitrogen and oxygen atoms in total. The van der Waals surface area contributed by atoms with Crippen LogP contribution in [0.1, 0.15) is 0 Å². The van der Waals surface area contributed by atoms with Gasteiger partial charge in [0.2, 0.25) is 17.6 Å². The Hall–Kier alpha value is -0.890. The smallest absolute Gasteiger partial charge is 0.241 e. The topological polar surface area (TPSA) is 68.7 Å². The van der Waals surface area contributed by atoms with Gasteiger partial charge in [0.15, 0.2) is 0 Å². The minimum Gasteiger partial charge on any atom is -0.350 e. The third-order valence-electron chi connectivity index (χ3n) is 5.41. The summed E-state index contributed by atoms with van der Waals surface area (Å²) < 4.78 is 11.0. The van der Waals surface area contributed by atoms with Crippen LogP contribution < -0.4 is 4.90 Å². The molecule has 0 N–H and O–H groups in total. The second-order valence-electron chi connectivity index (χ2n) is 6.23. The zero-order valence-corrected chi connectivity index (χ0v) is 16.5. The van der Waals surface area contributed by atoms with Crippen molar-refractivity contribution in [2.75, 3.05) is 19.1 Å². The van der Waals surface area contributed by atoms with E-state index in [1.54, 1.807) is 12.1 Å². The van der Waals surface area contributed by atoms with Crippen molar-refractivity contribution in [2.45, 2.75) is 15.5 Å². The molecular formula is C16H12Cl4N2O4. The third-order valence-corrected chi connectivity index (χ3v) is 8.02. The van der Waals surface area contributed by atoms with Gasteiger partial charge in [-0.1, -0.05) is 29.3 Å². The highest BCUT2D eigenvalue weighted by atomic mass is 35.5. The van der Waals surface area contributed by atoms with Crippen LogP contribution >= 0.6 is 46.4 Å². The van der Waals surface area contributed by atoms with Crippen molar-refractivity contribution in [3.63, 3.8) is 0 Å². The van der Waals surface area contributed by atoms with E-state index in [4.69, 9.17) is 55.9 Å². The third kappa shape index (κ3) is 1.64. The molecule has 1 saturated carbocycles. The van der Waals surface area contributed by atoms with E-state index in [2.05, 4.69) is 4.98 Å². The molecule has 2 aliphatic carbocycles. The van der Waals surface area contributed by atoms with Crippen LogP contribution in [-0.4, -0.2) is 46.6 Å². The number of aromatic nitrogens is 1. The lowest BCUT2D eigenvalue weighted by atomic mass is 9.84. The average Bonchev–Trinajstić information content (AvgIpc) is 3.06. The number of methoxy groups -OCH3 is 2. The van der Waals surface area contributed by atoms with Crippen molar-refractivity contribution in [3.05, 3.63) is 34.5 Å². The van der Waals surface area contributed by atoms with Crippen LogP contribution in [0.15, 0.2) is 34.5 Å². The van der Waals surface area contributed by atoms with Crippen LogP contribution in [0, 0.1) is 11.8 Å². The first-order chi connectivity index (χ1) is 12.2. The van der Waals surface area contributed by atoms with Crippen molar-refractivity contribution in [1.82, 2.24) is 4.98 Å². The van der Waals surface area contributed by atoms with E-state index >= 15 is 0 Å². The molecule has 1 aliphatic heterocycles. The Morgan fingerprint density at radius 3 is 1.88 bits per heavy atom. The van der Waals surface area contributed by atoms with Crippen LogP contribution in [0.5, 0.6) is 0 Å². The van der Waals surface area contributed by atoms with Gasteiger partial charge >= 0.3 is 0 Å². The maximum absolute atomic E-state index is 13.2. The number of alkyl halides is 2. The number of imide groups is 1. The van der Waals surface area contributed by atoms with E-state index in [0.29, 0.717) is 0 Å². The average molecular weight is 438 g/mol. The largest absolute Gasteiger partial charge is 0.350 e. The Balaban J connectivity index is 1.95. The van der Waals surface area contributed by atoms with Gasteiger partial charge in [0, 0.05) is 20.4 Å². The second-order valence-corrected chi connectivity index (χ2v) is 8.18. The number of carbonyl (C=O) groups excluding carboxylic acids is 2. The molecule has 0 unspecified atom stereocenters. The van der Waals surface area contributed by atoms with E-state index in [1.165, 1.54) is 26.5 Å². The number of hydrogen-bond acceptors (Lipinski definition) is 5. The summed E-state index contributed by atoms with van der Waals surface area (Å²) in [5, 5.41) is -0.130. The van der Waals surface area contributed by atoms with Crippen molar-refractivity contribution in [3.8, 4) is 0 Å². The molecule has 4 atom stereocenters. The number of fused-ring (bicyclic) bond motifs is 5. The molecule has 2 amide bonds. The van der Waals surface area contributed by atoms with Gasteiger partial charge in [0.1, 0.15) is 15.6 Å². The van der Waals surface area contributed by atoms with Crippen molar-refractivity contribution < 1.29 is 19.1 Å². The molecule has 2 bridgehead atoms. The predicted molar refractivity (Wildman–Crippen MR) is 96.4 cm³/mol. The van der Waals surface area contributed by atoms with Crippen LogP contribution in [0.25, 0.3) is 0 Å². The minimum absolute atomic E-state index is 0.0650. The second kappa shape index (κ2) is 5.56. The number of carbonyl (C=O) groups is 2. The van der Waals surface area contributed by atoms with Crippen molar-refractivity contribution in [1.29, 1.82) is 0 Å². The van der Waals surface area contributed by atoms with Gasteiger partial charge in [0.25, 0.3) is 0 Å². The Bertz CT molecular complexity index is 813. The van der Waals surface area contributed by atoms with E-state index < -0.39 is 39.2 Å². The zero-order chi connectivity index (χ0) is 19.1. The molecule has 26 heavy (non-hydrogen) atoms. The normalized spacial score (nSPS) is 37.7. The summed E-state index contributed by atoms with van der Waals surface area (Å²) in [7, 11) is 2.62. The highest BCUT2D eigenvalue weighted by Crippen LogP contribution is 2.75. The number of nitrogens with zero attached hydrogens (tertiary/aromatic N) is 2. The Kier molecular flexibility index (Phi) is 3.95. The van der Waals surface area contributed by atoms with Crippen LogP contribution in [0.4, 0.5) is 5.82 Å². The highest BCUT2D eigenvalue weighted by molar-refractivity contribution is 6.54. The molecule has 1 aromatic heterocycles. The lowest BCUT2D eigenvalue weighted by Gasteiger charge is -2.42. The maximum atomic E-state index is 13.2. The molecule has 0 radical (unpaired) electrons. The lowest BCUT2D eigenvalue weighted by molar-refractivity contribution is -0.221. The molecule has 0 spiro atoms. The lowest BCUT2D eigenvalue weighted by Crippen LogP contribution is -2.60. The molecule has 3 aliphatic rings. The number of rotatable bonds is 3. The van der Waals surface area contributed by atoms with Crippen molar-refractivity contribution in [2.24, 2.45) is 11.8 Å². The predicted octanol–water partition coefficient (Wildman–Crippen LogP) is 2.85. The first-order valence-electron chi connectivity index (χ1n) is 7.57. The van der Waals surface area contributed by atoms with Crippen LogP contribution in [0.2, 0.25) is 0 Å². The summed E-state index contributed by atoms with van der Waals surface area (Å²) in [4.78, 5) is 27.9. The van der Waals surface area contributed by atoms with E-state index in [9.17, 15) is 9.59 Å². The first-order valence-corrected chi connectivity index (χ1v) is 9.08. The van der Waals surface area contributed by atoms with Gasteiger partial charge in [0.05, 0.1) is 21.9 Å². The first kappa shape index (κ1) is 18.5. The van der Waals surface area contributed by atoms with Gasteiger partial charge in [-0.05, 0) is 12.1 Å². The van der Waals surface area contributed by atoms with E-state index in [-0.39, 0.29) is 15.9 Å². The van der Waals surface area contributed by atoms with Gasteiger partial charge in [-0.25, -0.2) is 9.88 Å². The van der Waals surface area contributed by atoms with Gasteiger partial charge in [-0.15, -0.1) is 23.2 Å². The molecular weight excluding hydrogens is 426 g/mol. The molecule has 1 saturated heterocycles. The quantitative estimate of drug-likeness (QED) is 0.413. The summed E-state index contributed by atoms with van der Waals surface area (Å²) >= 11 is 26.4. The van der Waals surface area contributed by atoms with Crippen LogP contribution in [-0.2, 0) is 19.1 Å². The number of hydrogen-bond donors (Lipinski definition) is 0. The Morgan fingerprint density at radius 2 is 1.50 bits per heavy atom. The molecule has 4 rings (SSSR count). The summed E-state index contributed by atoms with van der Waals surface area (Å²) in [5.74, 6) is -5.02. The number of pyridine rings is 1. The number of anilines is 1. The maximum Gasteiger partial charge on any atom is 0.241 e. The zero-order valence-electron chi connectivity index (χ0n) is 13.5. The fourth-order valence-electron chi connectivity index (χ4n) is 4.42. The Labute approximate surface area is 168 Å². The fourth-order valence-corrected chi connectivity index (χ4v) is 6.58. The summed E-state index contributed by atoms with van der Waals surface area (Å²) in [6.45, 7) is 0. The number of amides is 2. The van der Waals surface area contributed by atoms with Gasteiger partial charge in [-0.3, -0.25) is 9.59 Å². The molecule has 1 aromatic rings. The molecule has 138 valence electrons. The molecule has 2 heterocycles. The standard InChI is InChI=1S/C16H12Cl4N2O4/c1-25-16(26-2)14(19)8-9(15(16,20)11(18)10(14)17)13(24)22(12(8)23)7-5-3-4-6-21-7/h3-6,8-9H,1-2H3/t8-,9+,14-,15-/m0/s1.